The number of fused-ring (bicyclic) bond motifs is 3. The minimum atomic E-state index is -0.484. The average molecular weight is 358 g/mol. The maximum absolute atomic E-state index is 12.5. The Labute approximate surface area is 147 Å². The number of esters is 1. The van der Waals surface area contributed by atoms with Crippen LogP contribution in [-0.4, -0.2) is 15.9 Å². The fourth-order valence-corrected chi connectivity index (χ4v) is 4.60. The highest BCUT2D eigenvalue weighted by Crippen LogP contribution is 2.33. The van der Waals surface area contributed by atoms with Crippen LogP contribution in [0, 0.1) is 13.8 Å². The summed E-state index contributed by atoms with van der Waals surface area (Å²) in [6.07, 6.45) is 4.22. The van der Waals surface area contributed by atoms with Gasteiger partial charge in [0.15, 0.2) is 0 Å². The molecule has 0 aromatic carbocycles. The van der Waals surface area contributed by atoms with Crippen molar-refractivity contribution in [3.8, 4) is 0 Å². The van der Waals surface area contributed by atoms with E-state index in [0.29, 0.717) is 28.3 Å². The molecular weight excluding hydrogens is 340 g/mol. The summed E-state index contributed by atoms with van der Waals surface area (Å²) >= 11 is 1.58. The average Bonchev–Trinajstić information content (AvgIpc) is 3.12. The Kier molecular flexibility index (Phi) is 3.95. The number of hydrogen-bond acceptors (Lipinski definition) is 6. The number of nitrogens with one attached hydrogen (secondary N) is 1. The number of aromatic nitrogens is 2. The number of nitrogens with zero attached hydrogens (tertiary/aromatic N) is 1. The van der Waals surface area contributed by atoms with E-state index in [4.69, 9.17) is 9.15 Å². The molecule has 0 saturated heterocycles. The number of carbonyl (C=O) groups is 1. The fourth-order valence-electron chi connectivity index (χ4n) is 3.32. The van der Waals surface area contributed by atoms with Gasteiger partial charge in [-0.05, 0) is 51.2 Å². The second-order valence-electron chi connectivity index (χ2n) is 6.31. The van der Waals surface area contributed by atoms with Gasteiger partial charge in [-0.1, -0.05) is 0 Å². The predicted octanol–water partition coefficient (Wildman–Crippen LogP) is 3.43. The molecule has 6 nitrogen and oxygen atoms in total. The molecule has 0 bridgehead atoms. The first kappa shape index (κ1) is 16.1. The number of ether oxygens (including phenoxy) is 1. The third-order valence-electron chi connectivity index (χ3n) is 4.47. The second kappa shape index (κ2) is 6.15. The minimum absolute atomic E-state index is 0.0732. The van der Waals surface area contributed by atoms with E-state index in [9.17, 15) is 9.59 Å². The van der Waals surface area contributed by atoms with Gasteiger partial charge in [0.25, 0.3) is 5.56 Å². The summed E-state index contributed by atoms with van der Waals surface area (Å²) in [5.41, 5.74) is 1.39. The first-order valence-corrected chi connectivity index (χ1v) is 9.12. The van der Waals surface area contributed by atoms with Gasteiger partial charge in [-0.2, -0.15) is 0 Å². The number of rotatable bonds is 3. The first-order chi connectivity index (χ1) is 12.0. The predicted molar refractivity (Wildman–Crippen MR) is 94.2 cm³/mol. The SMILES string of the molecule is Cc1cc(C(=O)OCc2nc3sc4c(c3c(=O)[nH]2)CCCC4)c(C)o1. The van der Waals surface area contributed by atoms with Crippen molar-refractivity contribution >= 4 is 27.5 Å². The lowest BCUT2D eigenvalue weighted by atomic mass is 9.97. The van der Waals surface area contributed by atoms with Gasteiger partial charge < -0.3 is 14.1 Å². The zero-order valence-electron chi connectivity index (χ0n) is 14.1. The number of aromatic amines is 1. The van der Waals surface area contributed by atoms with Crippen molar-refractivity contribution in [1.82, 2.24) is 9.97 Å². The van der Waals surface area contributed by atoms with Gasteiger partial charge in [0.1, 0.15) is 34.3 Å². The van der Waals surface area contributed by atoms with E-state index >= 15 is 0 Å². The molecule has 0 saturated carbocycles. The number of aryl methyl sites for hydroxylation is 4. The molecule has 0 spiro atoms. The van der Waals surface area contributed by atoms with Crippen LogP contribution >= 0.6 is 11.3 Å². The number of hydrogen-bond donors (Lipinski definition) is 1. The third-order valence-corrected chi connectivity index (χ3v) is 5.66. The van der Waals surface area contributed by atoms with Gasteiger partial charge in [0.2, 0.25) is 0 Å². The molecule has 0 atom stereocenters. The van der Waals surface area contributed by atoms with Gasteiger partial charge in [-0.15, -0.1) is 11.3 Å². The highest BCUT2D eigenvalue weighted by molar-refractivity contribution is 7.18. The Bertz CT molecular complexity index is 1030. The molecule has 7 heteroatoms. The first-order valence-electron chi connectivity index (χ1n) is 8.30. The van der Waals surface area contributed by atoms with Crippen molar-refractivity contribution in [2.24, 2.45) is 0 Å². The Morgan fingerprint density at radius 1 is 1.36 bits per heavy atom. The summed E-state index contributed by atoms with van der Waals surface area (Å²) in [7, 11) is 0. The Morgan fingerprint density at radius 2 is 2.16 bits per heavy atom. The Morgan fingerprint density at radius 3 is 2.92 bits per heavy atom. The maximum atomic E-state index is 12.5. The third kappa shape index (κ3) is 2.89. The van der Waals surface area contributed by atoms with Crippen molar-refractivity contribution in [3.05, 3.63) is 49.8 Å². The van der Waals surface area contributed by atoms with E-state index in [-0.39, 0.29) is 12.2 Å². The number of furan rings is 1. The smallest absolute Gasteiger partial charge is 0.342 e. The molecule has 1 N–H and O–H groups in total. The topological polar surface area (TPSA) is 85.2 Å². The largest absolute Gasteiger partial charge is 0.466 e. The van der Waals surface area contributed by atoms with Gasteiger partial charge in [0, 0.05) is 4.88 Å². The fraction of sp³-hybridized carbons (Fsp3) is 0.389. The van der Waals surface area contributed by atoms with Gasteiger partial charge in [0.05, 0.1) is 5.39 Å². The molecule has 3 heterocycles. The summed E-state index contributed by atoms with van der Waals surface area (Å²) in [4.78, 5) is 33.9. The zero-order valence-corrected chi connectivity index (χ0v) is 14.9. The van der Waals surface area contributed by atoms with Crippen molar-refractivity contribution < 1.29 is 13.9 Å². The maximum Gasteiger partial charge on any atom is 0.342 e. The molecule has 3 aromatic heterocycles. The minimum Gasteiger partial charge on any atom is -0.466 e. The van der Waals surface area contributed by atoms with Gasteiger partial charge in [-0.3, -0.25) is 4.79 Å². The quantitative estimate of drug-likeness (QED) is 0.725. The van der Waals surface area contributed by atoms with Crippen LogP contribution in [0.4, 0.5) is 0 Å². The summed E-state index contributed by atoms with van der Waals surface area (Å²) in [6, 6.07) is 1.64. The Balaban J connectivity index is 1.59. The van der Waals surface area contributed by atoms with Crippen LogP contribution in [0.15, 0.2) is 15.3 Å². The molecule has 0 unspecified atom stereocenters. The lowest BCUT2D eigenvalue weighted by Gasteiger charge is -2.09. The zero-order chi connectivity index (χ0) is 17.6. The molecule has 0 amide bonds. The molecule has 0 radical (unpaired) electrons. The molecule has 25 heavy (non-hydrogen) atoms. The normalized spacial score (nSPS) is 13.8. The van der Waals surface area contributed by atoms with Gasteiger partial charge in [-0.25, -0.2) is 9.78 Å². The monoisotopic (exact) mass is 358 g/mol. The van der Waals surface area contributed by atoms with E-state index in [1.54, 1.807) is 31.3 Å². The lowest BCUT2D eigenvalue weighted by Crippen LogP contribution is -2.15. The lowest BCUT2D eigenvalue weighted by molar-refractivity contribution is 0.0460. The van der Waals surface area contributed by atoms with E-state index in [1.807, 2.05) is 0 Å². The van der Waals surface area contributed by atoms with E-state index in [0.717, 1.165) is 36.1 Å². The molecule has 0 fully saturated rings. The van der Waals surface area contributed by atoms with Crippen LogP contribution in [0.1, 0.15) is 51.0 Å². The van der Waals surface area contributed by atoms with Crippen molar-refractivity contribution in [2.45, 2.75) is 46.1 Å². The highest BCUT2D eigenvalue weighted by atomic mass is 32.1. The van der Waals surface area contributed by atoms with Crippen molar-refractivity contribution in [1.29, 1.82) is 0 Å². The van der Waals surface area contributed by atoms with E-state index < -0.39 is 5.97 Å². The summed E-state index contributed by atoms with van der Waals surface area (Å²) in [5, 5.41) is 0.705. The van der Waals surface area contributed by atoms with Crippen LogP contribution in [0.25, 0.3) is 10.2 Å². The van der Waals surface area contributed by atoms with Crippen LogP contribution in [0.5, 0.6) is 0 Å². The van der Waals surface area contributed by atoms with E-state index in [2.05, 4.69) is 9.97 Å². The summed E-state index contributed by atoms with van der Waals surface area (Å²) in [5.74, 6) is 1.05. The highest BCUT2D eigenvalue weighted by Gasteiger charge is 2.20. The molecular formula is C18H18N2O4S. The van der Waals surface area contributed by atoms with Gasteiger partial charge >= 0.3 is 5.97 Å². The van der Waals surface area contributed by atoms with Crippen LogP contribution in [-0.2, 0) is 24.2 Å². The number of carbonyl (C=O) groups excluding carboxylic acids is 1. The Hall–Kier alpha value is -2.41. The molecule has 1 aliphatic rings. The van der Waals surface area contributed by atoms with Crippen molar-refractivity contribution in [2.75, 3.05) is 0 Å². The molecule has 0 aliphatic heterocycles. The van der Waals surface area contributed by atoms with Crippen LogP contribution in [0.3, 0.4) is 0 Å². The summed E-state index contributed by atoms with van der Waals surface area (Å²) in [6.45, 7) is 3.41. The van der Waals surface area contributed by atoms with E-state index in [1.165, 1.54) is 4.88 Å². The van der Waals surface area contributed by atoms with Crippen molar-refractivity contribution in [3.63, 3.8) is 0 Å². The standard InChI is InChI=1S/C18H18N2O4S/c1-9-7-12(10(2)24-9)18(22)23-8-14-19-16(21)15-11-5-3-4-6-13(11)25-17(15)20-14/h7H,3-6,8H2,1-2H3,(H,19,20,21). The number of H-pyrrole nitrogens is 1. The molecule has 3 aromatic rings. The molecule has 4 rings (SSSR count). The second-order valence-corrected chi connectivity index (χ2v) is 7.39. The molecule has 1 aliphatic carbocycles. The van der Waals surface area contributed by atoms with Crippen LogP contribution in [0.2, 0.25) is 0 Å². The number of thiophene rings is 1. The van der Waals surface area contributed by atoms with Crippen LogP contribution < -0.4 is 5.56 Å². The summed E-state index contributed by atoms with van der Waals surface area (Å²) < 4.78 is 10.6. The molecule has 130 valence electrons.